The normalized spacial score (nSPS) is 19.0. The molecule has 0 bridgehead atoms. The Labute approximate surface area is 134 Å². The molecule has 1 fully saturated rings. The Morgan fingerprint density at radius 1 is 1.35 bits per heavy atom. The molecule has 2 aromatic heterocycles. The number of carbonyl (C=O) groups is 1. The minimum Gasteiger partial charge on any atom is -0.360 e. The first kappa shape index (κ1) is 14.4. The van der Waals surface area contributed by atoms with E-state index in [0.717, 1.165) is 56.1 Å². The molecule has 122 valence electrons. The van der Waals surface area contributed by atoms with E-state index in [1.165, 1.54) is 6.42 Å². The fourth-order valence-corrected chi connectivity index (χ4v) is 3.12. The van der Waals surface area contributed by atoms with E-state index in [-0.39, 0.29) is 11.9 Å². The predicted molar refractivity (Wildman–Crippen MR) is 81.9 cm³/mol. The lowest BCUT2D eigenvalue weighted by atomic mass is 10.2. The van der Waals surface area contributed by atoms with Gasteiger partial charge < -0.3 is 14.4 Å². The van der Waals surface area contributed by atoms with Crippen molar-refractivity contribution in [3.8, 4) is 0 Å². The molecule has 4 rings (SSSR count). The summed E-state index contributed by atoms with van der Waals surface area (Å²) in [5.41, 5.74) is 0.342. The van der Waals surface area contributed by atoms with Gasteiger partial charge in [-0.1, -0.05) is 11.6 Å². The van der Waals surface area contributed by atoms with Gasteiger partial charge in [0, 0.05) is 24.9 Å². The molecule has 0 radical (unpaired) electrons. The summed E-state index contributed by atoms with van der Waals surface area (Å²) in [4.78, 5) is 12.4. The van der Waals surface area contributed by atoms with E-state index < -0.39 is 0 Å². The number of amides is 1. The molecular weight excluding hydrogens is 294 g/mol. The molecule has 2 aromatic rings. The second kappa shape index (κ2) is 5.79. The molecular formula is C16H21N5O2. The van der Waals surface area contributed by atoms with Crippen LogP contribution in [-0.4, -0.2) is 25.8 Å². The molecule has 0 saturated heterocycles. The maximum absolute atomic E-state index is 12.4. The van der Waals surface area contributed by atoms with Crippen LogP contribution in [0.1, 0.15) is 78.9 Å². The lowest BCUT2D eigenvalue weighted by Gasteiger charge is -2.14. The minimum atomic E-state index is -0.223. The topological polar surface area (TPSA) is 85.8 Å². The Hall–Kier alpha value is -2.18. The largest absolute Gasteiger partial charge is 0.360 e. The zero-order valence-corrected chi connectivity index (χ0v) is 13.3. The number of nitrogens with one attached hydrogen (secondary N) is 1. The average molecular weight is 315 g/mol. The number of rotatable bonds is 4. The quantitative estimate of drug-likeness (QED) is 0.936. The second-order valence-corrected chi connectivity index (χ2v) is 6.52. The van der Waals surface area contributed by atoms with Crippen molar-refractivity contribution in [2.24, 2.45) is 0 Å². The molecule has 1 atom stereocenters. The maximum atomic E-state index is 12.4. The molecule has 0 aromatic carbocycles. The van der Waals surface area contributed by atoms with Crippen LogP contribution in [0.25, 0.3) is 0 Å². The molecule has 3 heterocycles. The van der Waals surface area contributed by atoms with Gasteiger partial charge in [0.25, 0.3) is 5.91 Å². The highest BCUT2D eigenvalue weighted by Gasteiger charge is 2.29. The zero-order valence-electron chi connectivity index (χ0n) is 13.3. The first-order chi connectivity index (χ1) is 11.2. The Balaban J connectivity index is 1.47. The van der Waals surface area contributed by atoms with Crippen molar-refractivity contribution in [2.75, 3.05) is 0 Å². The average Bonchev–Trinajstić information content (AvgIpc) is 3.21. The second-order valence-electron chi connectivity index (χ2n) is 6.52. The van der Waals surface area contributed by atoms with Crippen LogP contribution in [0.5, 0.6) is 0 Å². The maximum Gasteiger partial charge on any atom is 0.274 e. The van der Waals surface area contributed by atoms with E-state index in [9.17, 15) is 4.79 Å². The summed E-state index contributed by atoms with van der Waals surface area (Å²) in [5.74, 6) is 2.89. The van der Waals surface area contributed by atoms with Crippen LogP contribution < -0.4 is 5.32 Å². The van der Waals surface area contributed by atoms with Crippen LogP contribution in [-0.2, 0) is 13.0 Å². The van der Waals surface area contributed by atoms with Gasteiger partial charge in [0.05, 0.1) is 6.04 Å². The lowest BCUT2D eigenvalue weighted by molar-refractivity contribution is 0.0928. The minimum absolute atomic E-state index is 0.206. The van der Waals surface area contributed by atoms with Crippen molar-refractivity contribution >= 4 is 5.91 Å². The number of fused-ring (bicyclic) bond motifs is 1. The van der Waals surface area contributed by atoms with E-state index in [4.69, 9.17) is 4.52 Å². The number of nitrogens with zero attached hydrogens (tertiary/aromatic N) is 4. The smallest absolute Gasteiger partial charge is 0.274 e. The van der Waals surface area contributed by atoms with Crippen LogP contribution in [0.3, 0.4) is 0 Å². The first-order valence-corrected chi connectivity index (χ1v) is 8.42. The number of aromatic nitrogens is 4. The fraction of sp³-hybridized carbons (Fsp3) is 0.625. The van der Waals surface area contributed by atoms with Crippen molar-refractivity contribution in [1.82, 2.24) is 25.2 Å². The van der Waals surface area contributed by atoms with E-state index in [1.54, 1.807) is 6.07 Å². The lowest BCUT2D eigenvalue weighted by Crippen LogP contribution is -2.29. The highest BCUT2D eigenvalue weighted by Crippen LogP contribution is 2.40. The highest BCUT2D eigenvalue weighted by atomic mass is 16.5. The highest BCUT2D eigenvalue weighted by molar-refractivity contribution is 5.92. The van der Waals surface area contributed by atoms with Gasteiger partial charge in [-0.2, -0.15) is 0 Å². The standard InChI is InChI=1S/C16H21N5O2/c1-10(15-19-18-14-5-3-2-4-8-21(14)15)17-16(22)12-9-13(23-20-12)11-6-7-11/h9-11H,2-8H2,1H3,(H,17,22). The van der Waals surface area contributed by atoms with E-state index in [2.05, 4.69) is 25.2 Å². The molecule has 1 aliphatic heterocycles. The summed E-state index contributed by atoms with van der Waals surface area (Å²) in [7, 11) is 0. The number of aryl methyl sites for hydroxylation is 1. The summed E-state index contributed by atoms with van der Waals surface area (Å²) >= 11 is 0. The molecule has 7 heteroatoms. The monoisotopic (exact) mass is 315 g/mol. The van der Waals surface area contributed by atoms with Gasteiger partial charge in [0.2, 0.25) is 0 Å². The third-order valence-corrected chi connectivity index (χ3v) is 4.61. The van der Waals surface area contributed by atoms with Crippen molar-refractivity contribution in [3.05, 3.63) is 29.2 Å². The van der Waals surface area contributed by atoms with Gasteiger partial charge in [-0.15, -0.1) is 10.2 Å². The molecule has 1 saturated carbocycles. The summed E-state index contributed by atoms with van der Waals surface area (Å²) < 4.78 is 7.39. The Bertz CT molecular complexity index is 716. The predicted octanol–water partition coefficient (Wildman–Crippen LogP) is 2.36. The van der Waals surface area contributed by atoms with Crippen LogP contribution in [0, 0.1) is 0 Å². The van der Waals surface area contributed by atoms with Crippen LogP contribution in [0.4, 0.5) is 0 Å². The van der Waals surface area contributed by atoms with E-state index >= 15 is 0 Å². The Morgan fingerprint density at radius 2 is 2.22 bits per heavy atom. The van der Waals surface area contributed by atoms with Crippen molar-refractivity contribution in [1.29, 1.82) is 0 Å². The van der Waals surface area contributed by atoms with Crippen LogP contribution in [0.15, 0.2) is 10.6 Å². The van der Waals surface area contributed by atoms with E-state index in [0.29, 0.717) is 11.6 Å². The van der Waals surface area contributed by atoms with Gasteiger partial charge in [0.15, 0.2) is 11.5 Å². The molecule has 1 unspecified atom stereocenters. The zero-order chi connectivity index (χ0) is 15.8. The van der Waals surface area contributed by atoms with Gasteiger partial charge in [-0.25, -0.2) is 0 Å². The van der Waals surface area contributed by atoms with Crippen molar-refractivity contribution in [2.45, 2.75) is 64.0 Å². The molecule has 2 aliphatic rings. The summed E-state index contributed by atoms with van der Waals surface area (Å²) in [6, 6.07) is 1.55. The molecule has 1 aliphatic carbocycles. The van der Waals surface area contributed by atoms with Gasteiger partial charge in [0.1, 0.15) is 11.6 Å². The first-order valence-electron chi connectivity index (χ1n) is 8.42. The Morgan fingerprint density at radius 3 is 3.04 bits per heavy atom. The van der Waals surface area contributed by atoms with Gasteiger partial charge in [-0.05, 0) is 32.6 Å². The Kier molecular flexibility index (Phi) is 3.63. The molecule has 0 spiro atoms. The van der Waals surface area contributed by atoms with Crippen LogP contribution >= 0.6 is 0 Å². The van der Waals surface area contributed by atoms with Crippen molar-refractivity contribution in [3.63, 3.8) is 0 Å². The summed E-state index contributed by atoms with van der Waals surface area (Å²) in [6.45, 7) is 2.86. The third-order valence-electron chi connectivity index (χ3n) is 4.61. The van der Waals surface area contributed by atoms with Crippen LogP contribution in [0.2, 0.25) is 0 Å². The third kappa shape index (κ3) is 2.87. The summed E-state index contributed by atoms with van der Waals surface area (Å²) in [5, 5.41) is 15.4. The number of hydrogen-bond donors (Lipinski definition) is 1. The van der Waals surface area contributed by atoms with Gasteiger partial charge in [-0.3, -0.25) is 4.79 Å². The molecule has 23 heavy (non-hydrogen) atoms. The summed E-state index contributed by atoms with van der Waals surface area (Å²) in [6.07, 6.45) is 6.71. The molecule has 1 amide bonds. The molecule has 7 nitrogen and oxygen atoms in total. The van der Waals surface area contributed by atoms with Crippen molar-refractivity contribution < 1.29 is 9.32 Å². The van der Waals surface area contributed by atoms with Gasteiger partial charge >= 0.3 is 0 Å². The number of carbonyl (C=O) groups excluding carboxylic acids is 1. The van der Waals surface area contributed by atoms with E-state index in [1.807, 2.05) is 6.92 Å². The SMILES string of the molecule is CC(NC(=O)c1cc(C2CC2)on1)c1nnc2n1CCCCC2. The number of hydrogen-bond acceptors (Lipinski definition) is 5. The fourth-order valence-electron chi connectivity index (χ4n) is 3.12. The molecule has 1 N–H and O–H groups in total.